The minimum atomic E-state index is -0.133. The van der Waals surface area contributed by atoms with Gasteiger partial charge >= 0.3 is 0 Å². The lowest BCUT2D eigenvalue weighted by Crippen LogP contribution is -2.20. The van der Waals surface area contributed by atoms with Gasteiger partial charge in [0.15, 0.2) is 0 Å². The first-order valence-corrected chi connectivity index (χ1v) is 18.4. The van der Waals surface area contributed by atoms with Crippen LogP contribution in [0.15, 0.2) is 170 Å². The van der Waals surface area contributed by atoms with Crippen LogP contribution >= 0.6 is 0 Å². The minimum Gasteiger partial charge on any atom is -0.310 e. The molecule has 0 spiro atoms. The van der Waals surface area contributed by atoms with Crippen LogP contribution in [0, 0.1) is 0 Å². The molecule has 9 rings (SSSR count). The standard InChI is InChI=1S/C51H43N/c1-50(2,3)46-33-39(38-25-24-37-23-22-36-16-9-10-17-41(36)43(37)32-38)28-31-47(46)52(40-29-26-35(27-30-40)34-14-7-6-8-15-34)48-21-13-20-45-49(48)42-18-11-12-19-44(42)51(45,4)5/h6-33H,1-5H3. The van der Waals surface area contributed by atoms with E-state index in [1.54, 1.807) is 0 Å². The van der Waals surface area contributed by atoms with Crippen molar-refractivity contribution in [3.8, 4) is 33.4 Å². The molecular formula is C51H43N. The summed E-state index contributed by atoms with van der Waals surface area (Å²) in [6.45, 7) is 11.8. The number of anilines is 3. The Labute approximate surface area is 307 Å². The fourth-order valence-corrected chi connectivity index (χ4v) is 8.46. The summed E-state index contributed by atoms with van der Waals surface area (Å²) in [6.07, 6.45) is 0. The Morgan fingerprint density at radius 3 is 1.83 bits per heavy atom. The molecular weight excluding hydrogens is 627 g/mol. The molecule has 1 aliphatic carbocycles. The first-order valence-electron chi connectivity index (χ1n) is 18.4. The van der Waals surface area contributed by atoms with Gasteiger partial charge in [-0.25, -0.2) is 0 Å². The molecule has 0 N–H and O–H groups in total. The van der Waals surface area contributed by atoms with E-state index in [0.717, 1.165) is 5.69 Å². The zero-order valence-corrected chi connectivity index (χ0v) is 30.6. The molecule has 0 radical (unpaired) electrons. The highest BCUT2D eigenvalue weighted by atomic mass is 15.1. The zero-order chi connectivity index (χ0) is 35.6. The molecule has 0 unspecified atom stereocenters. The third-order valence-corrected chi connectivity index (χ3v) is 11.2. The molecule has 0 aliphatic heterocycles. The second kappa shape index (κ2) is 12.1. The Bertz CT molecular complexity index is 2620. The molecule has 0 aromatic heterocycles. The van der Waals surface area contributed by atoms with Crippen molar-refractivity contribution in [2.75, 3.05) is 4.90 Å². The fraction of sp³-hybridized carbons (Fsp3) is 0.137. The van der Waals surface area contributed by atoms with Gasteiger partial charge in [-0.15, -0.1) is 0 Å². The molecule has 1 nitrogen and oxygen atoms in total. The quantitative estimate of drug-likeness (QED) is 0.165. The summed E-state index contributed by atoms with van der Waals surface area (Å²) in [6, 6.07) is 62.9. The van der Waals surface area contributed by atoms with Crippen LogP contribution in [0.2, 0.25) is 0 Å². The molecule has 8 aromatic carbocycles. The maximum absolute atomic E-state index is 2.52. The first-order chi connectivity index (χ1) is 25.2. The summed E-state index contributed by atoms with van der Waals surface area (Å²) in [7, 11) is 0. The van der Waals surface area contributed by atoms with E-state index in [9.17, 15) is 0 Å². The molecule has 252 valence electrons. The van der Waals surface area contributed by atoms with E-state index in [1.807, 2.05) is 0 Å². The van der Waals surface area contributed by atoms with Crippen molar-refractivity contribution in [2.24, 2.45) is 0 Å². The number of fused-ring (bicyclic) bond motifs is 6. The normalized spacial score (nSPS) is 13.2. The molecule has 1 heteroatoms. The molecule has 0 saturated heterocycles. The summed E-state index contributed by atoms with van der Waals surface area (Å²) < 4.78 is 0. The summed E-state index contributed by atoms with van der Waals surface area (Å²) >= 11 is 0. The van der Waals surface area contributed by atoms with Crippen LogP contribution in [0.1, 0.15) is 51.3 Å². The van der Waals surface area contributed by atoms with E-state index in [4.69, 9.17) is 0 Å². The van der Waals surface area contributed by atoms with Crippen LogP contribution in [-0.2, 0) is 10.8 Å². The highest BCUT2D eigenvalue weighted by Gasteiger charge is 2.38. The Kier molecular flexibility index (Phi) is 7.45. The largest absolute Gasteiger partial charge is 0.310 e. The number of benzene rings is 8. The molecule has 0 bridgehead atoms. The topological polar surface area (TPSA) is 3.24 Å². The van der Waals surface area contributed by atoms with Crippen LogP contribution < -0.4 is 4.90 Å². The zero-order valence-electron chi connectivity index (χ0n) is 30.6. The average molecular weight is 670 g/mol. The lowest BCUT2D eigenvalue weighted by molar-refractivity contribution is 0.591. The van der Waals surface area contributed by atoms with E-state index in [2.05, 4.69) is 209 Å². The molecule has 0 amide bonds. The SMILES string of the molecule is CC(C)(C)c1cc(-c2ccc3ccc4ccccc4c3c2)ccc1N(c1ccc(-c2ccccc2)cc1)c1cccc2c1-c1ccccc1C2(C)C. The van der Waals surface area contributed by atoms with Crippen molar-refractivity contribution >= 4 is 38.6 Å². The fourth-order valence-electron chi connectivity index (χ4n) is 8.46. The third kappa shape index (κ3) is 5.23. The summed E-state index contributed by atoms with van der Waals surface area (Å²) in [5.41, 5.74) is 14.9. The predicted molar refractivity (Wildman–Crippen MR) is 223 cm³/mol. The van der Waals surface area contributed by atoms with Crippen molar-refractivity contribution in [1.82, 2.24) is 0 Å². The lowest BCUT2D eigenvalue weighted by atomic mass is 9.82. The minimum absolute atomic E-state index is 0.0955. The lowest BCUT2D eigenvalue weighted by Gasteiger charge is -2.34. The van der Waals surface area contributed by atoms with Crippen molar-refractivity contribution in [3.05, 3.63) is 187 Å². The van der Waals surface area contributed by atoms with Gasteiger partial charge in [0.1, 0.15) is 0 Å². The second-order valence-corrected chi connectivity index (χ2v) is 15.8. The maximum Gasteiger partial charge on any atom is 0.0543 e. The summed E-state index contributed by atoms with van der Waals surface area (Å²) in [5.74, 6) is 0. The van der Waals surface area contributed by atoms with E-state index in [0.29, 0.717) is 0 Å². The van der Waals surface area contributed by atoms with Crippen molar-refractivity contribution in [2.45, 2.75) is 45.4 Å². The van der Waals surface area contributed by atoms with Crippen molar-refractivity contribution < 1.29 is 0 Å². The molecule has 0 heterocycles. The average Bonchev–Trinajstić information content (AvgIpc) is 3.41. The van der Waals surface area contributed by atoms with Gasteiger partial charge in [0.2, 0.25) is 0 Å². The number of nitrogens with zero attached hydrogens (tertiary/aromatic N) is 1. The molecule has 52 heavy (non-hydrogen) atoms. The van der Waals surface area contributed by atoms with E-state index in [1.165, 1.54) is 83.0 Å². The smallest absolute Gasteiger partial charge is 0.0543 e. The van der Waals surface area contributed by atoms with Crippen LogP contribution in [0.25, 0.3) is 54.9 Å². The van der Waals surface area contributed by atoms with Gasteiger partial charge in [0.05, 0.1) is 5.69 Å². The highest BCUT2D eigenvalue weighted by molar-refractivity contribution is 6.08. The monoisotopic (exact) mass is 669 g/mol. The Balaban J connectivity index is 1.26. The third-order valence-electron chi connectivity index (χ3n) is 11.2. The van der Waals surface area contributed by atoms with E-state index < -0.39 is 0 Å². The van der Waals surface area contributed by atoms with Gasteiger partial charge in [0, 0.05) is 22.4 Å². The molecule has 0 atom stereocenters. The van der Waals surface area contributed by atoms with Gasteiger partial charge < -0.3 is 4.90 Å². The van der Waals surface area contributed by atoms with Crippen LogP contribution in [0.4, 0.5) is 17.1 Å². The van der Waals surface area contributed by atoms with Gasteiger partial charge in [0.25, 0.3) is 0 Å². The summed E-state index contributed by atoms with van der Waals surface area (Å²) in [5, 5.41) is 5.12. The van der Waals surface area contributed by atoms with Crippen molar-refractivity contribution in [1.29, 1.82) is 0 Å². The Morgan fingerprint density at radius 1 is 0.442 bits per heavy atom. The van der Waals surface area contributed by atoms with Crippen LogP contribution in [-0.4, -0.2) is 0 Å². The highest BCUT2D eigenvalue weighted by Crippen LogP contribution is 2.55. The van der Waals surface area contributed by atoms with Crippen molar-refractivity contribution in [3.63, 3.8) is 0 Å². The van der Waals surface area contributed by atoms with E-state index in [-0.39, 0.29) is 10.8 Å². The molecule has 8 aromatic rings. The second-order valence-electron chi connectivity index (χ2n) is 15.8. The number of hydrogen-bond acceptors (Lipinski definition) is 1. The maximum atomic E-state index is 2.52. The molecule has 0 saturated carbocycles. The number of rotatable bonds is 5. The molecule has 1 aliphatic rings. The number of hydrogen-bond donors (Lipinski definition) is 0. The summed E-state index contributed by atoms with van der Waals surface area (Å²) in [4.78, 5) is 2.52. The Hall–Kier alpha value is -5.92. The van der Waals surface area contributed by atoms with Crippen LogP contribution in [0.5, 0.6) is 0 Å². The molecule has 0 fully saturated rings. The van der Waals surface area contributed by atoms with Gasteiger partial charge in [-0.05, 0) is 108 Å². The Morgan fingerprint density at radius 2 is 1.04 bits per heavy atom. The van der Waals surface area contributed by atoms with Crippen LogP contribution in [0.3, 0.4) is 0 Å². The van der Waals surface area contributed by atoms with Gasteiger partial charge in [-0.1, -0.05) is 168 Å². The first kappa shape index (κ1) is 32.0. The predicted octanol–water partition coefficient (Wildman–Crippen LogP) is 14.4. The van der Waals surface area contributed by atoms with Gasteiger partial charge in [-0.3, -0.25) is 0 Å². The van der Waals surface area contributed by atoms with E-state index >= 15 is 0 Å². The van der Waals surface area contributed by atoms with Gasteiger partial charge in [-0.2, -0.15) is 0 Å².